The van der Waals surface area contributed by atoms with E-state index >= 15 is 0 Å². The smallest absolute Gasteiger partial charge is 0.270 e. The highest BCUT2D eigenvalue weighted by Gasteiger charge is 2.42. The van der Waals surface area contributed by atoms with Crippen LogP contribution in [-0.4, -0.2) is 46.1 Å². The first kappa shape index (κ1) is 23.0. The second-order valence-corrected chi connectivity index (χ2v) is 9.84. The van der Waals surface area contributed by atoms with Crippen molar-refractivity contribution in [3.63, 3.8) is 0 Å². The number of para-hydroxylation sites is 1. The van der Waals surface area contributed by atoms with Gasteiger partial charge in [-0.3, -0.25) is 14.5 Å². The van der Waals surface area contributed by atoms with Gasteiger partial charge in [0.2, 0.25) is 5.91 Å². The zero-order valence-electron chi connectivity index (χ0n) is 19.2. The van der Waals surface area contributed by atoms with Gasteiger partial charge in [-0.2, -0.15) is 4.99 Å². The summed E-state index contributed by atoms with van der Waals surface area (Å²) in [4.78, 5) is 36.8. The number of thioether (sulfide) groups is 1. The molecule has 0 aromatic heterocycles. The minimum Gasteiger partial charge on any atom is -0.497 e. The number of benzene rings is 2. The number of rotatable bonds is 7. The summed E-state index contributed by atoms with van der Waals surface area (Å²) >= 11 is 1.35. The van der Waals surface area contributed by atoms with Crippen molar-refractivity contribution in [3.05, 3.63) is 59.7 Å². The lowest BCUT2D eigenvalue weighted by Gasteiger charge is -2.32. The molecule has 0 radical (unpaired) electrons. The van der Waals surface area contributed by atoms with Crippen LogP contribution in [0.3, 0.4) is 0 Å². The van der Waals surface area contributed by atoms with Gasteiger partial charge in [0.15, 0.2) is 5.17 Å². The number of amides is 2. The van der Waals surface area contributed by atoms with Crippen molar-refractivity contribution in [2.45, 2.75) is 45.0 Å². The second kappa shape index (κ2) is 9.79. The molecular weight excluding hydrogens is 436 g/mol. The van der Waals surface area contributed by atoms with E-state index in [0.717, 1.165) is 22.6 Å². The number of amidine groups is 2. The molecule has 2 aromatic carbocycles. The van der Waals surface area contributed by atoms with Gasteiger partial charge in [-0.15, -0.1) is 0 Å². The molecule has 2 aliphatic heterocycles. The van der Waals surface area contributed by atoms with Crippen molar-refractivity contribution < 1.29 is 14.3 Å². The number of carbonyl (C=O) groups excluding carboxylic acids is 2. The normalized spacial score (nSPS) is 17.8. The summed E-state index contributed by atoms with van der Waals surface area (Å²) in [7, 11) is 1.62. The summed E-state index contributed by atoms with van der Waals surface area (Å²) in [5, 5.41) is 3.21. The van der Waals surface area contributed by atoms with Crippen LogP contribution in [0.4, 0.5) is 5.69 Å². The molecule has 0 spiro atoms. The number of fused-ring (bicyclic) bond motifs is 3. The number of ether oxygens (including phenoxy) is 1. The third kappa shape index (κ3) is 4.95. The maximum atomic E-state index is 12.9. The van der Waals surface area contributed by atoms with Crippen molar-refractivity contribution in [3.8, 4) is 5.75 Å². The molecule has 172 valence electrons. The minimum absolute atomic E-state index is 0.103. The Bertz CT molecular complexity index is 1130. The average Bonchev–Trinajstić information content (AvgIpc) is 3.13. The largest absolute Gasteiger partial charge is 0.497 e. The molecule has 4 rings (SSSR count). The van der Waals surface area contributed by atoms with Crippen LogP contribution in [0, 0.1) is 5.92 Å². The summed E-state index contributed by atoms with van der Waals surface area (Å²) in [5.74, 6) is 1.44. The number of nitrogens with zero attached hydrogens (tertiary/aromatic N) is 3. The van der Waals surface area contributed by atoms with Gasteiger partial charge >= 0.3 is 0 Å². The zero-order chi connectivity index (χ0) is 23.5. The molecule has 2 heterocycles. The van der Waals surface area contributed by atoms with Crippen LogP contribution in [0.5, 0.6) is 5.75 Å². The summed E-state index contributed by atoms with van der Waals surface area (Å²) in [6.07, 6.45) is 0.671. The summed E-state index contributed by atoms with van der Waals surface area (Å²) < 4.78 is 5.25. The highest BCUT2D eigenvalue weighted by molar-refractivity contribution is 8.14. The molecule has 1 N–H and O–H groups in total. The minimum atomic E-state index is -0.406. The molecular formula is C25H28N4O3S. The quantitative estimate of drug-likeness (QED) is 0.666. The first-order chi connectivity index (χ1) is 15.9. The molecule has 0 saturated carbocycles. The van der Waals surface area contributed by atoms with Crippen LogP contribution in [0.1, 0.15) is 38.3 Å². The Morgan fingerprint density at radius 3 is 2.70 bits per heavy atom. The summed E-state index contributed by atoms with van der Waals surface area (Å²) in [6.45, 7) is 6.42. The Hall–Kier alpha value is -3.13. The third-order valence-corrected chi connectivity index (χ3v) is 6.62. The fraction of sp³-hybridized carbons (Fsp3) is 0.360. The van der Waals surface area contributed by atoms with Crippen LogP contribution in [0.25, 0.3) is 0 Å². The van der Waals surface area contributed by atoms with Crippen molar-refractivity contribution in [2.24, 2.45) is 15.9 Å². The van der Waals surface area contributed by atoms with Crippen molar-refractivity contribution in [2.75, 3.05) is 7.11 Å². The van der Waals surface area contributed by atoms with Gasteiger partial charge in [-0.1, -0.05) is 49.9 Å². The SMILES string of the molecule is COc1cccc(CNC(=O)C(C)SC2=Nc3ccccc3C3=NC(=O)C(CC(C)C)N23)c1. The Morgan fingerprint density at radius 1 is 1.15 bits per heavy atom. The van der Waals surface area contributed by atoms with Gasteiger partial charge in [0.1, 0.15) is 17.6 Å². The number of methoxy groups -OCH3 is 1. The van der Waals surface area contributed by atoms with Crippen molar-refractivity contribution >= 4 is 40.3 Å². The van der Waals surface area contributed by atoms with E-state index in [1.807, 2.05) is 60.4 Å². The Labute approximate surface area is 198 Å². The lowest BCUT2D eigenvalue weighted by Crippen LogP contribution is -2.45. The molecule has 7 nitrogen and oxygen atoms in total. The molecule has 2 aliphatic rings. The van der Waals surface area contributed by atoms with E-state index in [0.29, 0.717) is 29.9 Å². The molecule has 2 unspecified atom stereocenters. The fourth-order valence-electron chi connectivity index (χ4n) is 3.88. The van der Waals surface area contributed by atoms with E-state index < -0.39 is 11.3 Å². The highest BCUT2D eigenvalue weighted by Crippen LogP contribution is 2.36. The van der Waals surface area contributed by atoms with Gasteiger partial charge in [0.05, 0.1) is 18.0 Å². The predicted octanol–water partition coefficient (Wildman–Crippen LogP) is 4.14. The maximum Gasteiger partial charge on any atom is 0.270 e. The predicted molar refractivity (Wildman–Crippen MR) is 132 cm³/mol. The number of hydrogen-bond acceptors (Lipinski definition) is 6. The summed E-state index contributed by atoms with van der Waals surface area (Å²) in [6, 6.07) is 14.9. The first-order valence-electron chi connectivity index (χ1n) is 11.0. The molecule has 0 aliphatic carbocycles. The van der Waals surface area contributed by atoms with Gasteiger partial charge in [-0.05, 0) is 49.1 Å². The Balaban J connectivity index is 1.52. The van der Waals surface area contributed by atoms with E-state index in [1.165, 1.54) is 11.8 Å². The van der Waals surface area contributed by atoms with Crippen LogP contribution < -0.4 is 10.1 Å². The molecule has 2 atom stereocenters. The molecule has 8 heteroatoms. The van der Waals surface area contributed by atoms with Crippen LogP contribution in [0.2, 0.25) is 0 Å². The molecule has 33 heavy (non-hydrogen) atoms. The molecule has 2 aromatic rings. The molecule has 2 amide bonds. The van der Waals surface area contributed by atoms with Crippen molar-refractivity contribution in [1.82, 2.24) is 10.2 Å². The van der Waals surface area contributed by atoms with Crippen LogP contribution in [0.15, 0.2) is 58.5 Å². The standard InChI is InChI=1S/C25H28N4O3S/c1-15(2)12-21-24(31)28-22-19-10-5-6-11-20(19)27-25(29(21)22)33-16(3)23(30)26-14-17-8-7-9-18(13-17)32-4/h5-11,13,15-16,21H,12,14H2,1-4H3,(H,26,30). The maximum absolute atomic E-state index is 12.9. The lowest BCUT2D eigenvalue weighted by atomic mass is 10.0. The Kier molecular flexibility index (Phi) is 6.83. The number of aliphatic imine (C=N–C) groups is 2. The monoisotopic (exact) mass is 464 g/mol. The third-order valence-electron chi connectivity index (χ3n) is 5.56. The van der Waals surface area contributed by atoms with Crippen LogP contribution in [-0.2, 0) is 16.1 Å². The Morgan fingerprint density at radius 2 is 1.94 bits per heavy atom. The molecule has 0 fully saturated rings. The van der Waals surface area contributed by atoms with E-state index in [-0.39, 0.29) is 11.8 Å². The highest BCUT2D eigenvalue weighted by atomic mass is 32.2. The van der Waals surface area contributed by atoms with Crippen LogP contribution >= 0.6 is 11.8 Å². The van der Waals surface area contributed by atoms with E-state index in [2.05, 4.69) is 24.2 Å². The first-order valence-corrected chi connectivity index (χ1v) is 11.9. The van der Waals surface area contributed by atoms with E-state index in [1.54, 1.807) is 7.11 Å². The lowest BCUT2D eigenvalue weighted by molar-refractivity contribution is -0.120. The summed E-state index contributed by atoms with van der Waals surface area (Å²) in [5.41, 5.74) is 2.56. The zero-order valence-corrected chi connectivity index (χ0v) is 20.1. The van der Waals surface area contributed by atoms with Gasteiger partial charge < -0.3 is 10.1 Å². The fourth-order valence-corrected chi connectivity index (χ4v) is 4.87. The number of nitrogens with one attached hydrogen (secondary N) is 1. The van der Waals surface area contributed by atoms with Crippen molar-refractivity contribution in [1.29, 1.82) is 0 Å². The van der Waals surface area contributed by atoms with E-state index in [4.69, 9.17) is 9.73 Å². The van der Waals surface area contributed by atoms with Gasteiger partial charge in [0, 0.05) is 12.1 Å². The van der Waals surface area contributed by atoms with E-state index in [9.17, 15) is 9.59 Å². The molecule has 0 saturated heterocycles. The number of hydrogen-bond donors (Lipinski definition) is 1. The topological polar surface area (TPSA) is 83.4 Å². The average molecular weight is 465 g/mol. The van der Waals surface area contributed by atoms with Gasteiger partial charge in [0.25, 0.3) is 5.91 Å². The number of carbonyl (C=O) groups is 2. The second-order valence-electron chi connectivity index (χ2n) is 8.53. The molecule has 0 bridgehead atoms. The van der Waals surface area contributed by atoms with Gasteiger partial charge in [-0.25, -0.2) is 4.99 Å².